The highest BCUT2D eigenvalue weighted by molar-refractivity contribution is 7.16. The fourth-order valence-electron chi connectivity index (χ4n) is 3.61. The van der Waals surface area contributed by atoms with Crippen molar-refractivity contribution in [2.45, 2.75) is 20.8 Å². The summed E-state index contributed by atoms with van der Waals surface area (Å²) in [4.78, 5) is 43.8. The second-order valence-corrected chi connectivity index (χ2v) is 8.44. The van der Waals surface area contributed by atoms with Gasteiger partial charge in [0.25, 0.3) is 5.56 Å². The van der Waals surface area contributed by atoms with E-state index in [1.807, 2.05) is 31.2 Å². The lowest BCUT2D eigenvalue weighted by Crippen LogP contribution is -2.28. The molecule has 4 rings (SSSR count). The Morgan fingerprint density at radius 3 is 2.48 bits per heavy atom. The van der Waals surface area contributed by atoms with Crippen LogP contribution in [0.2, 0.25) is 0 Å². The summed E-state index contributed by atoms with van der Waals surface area (Å²) < 4.78 is 6.39. The Morgan fingerprint density at radius 1 is 1.16 bits per heavy atom. The number of aromatic amines is 2. The molecule has 0 unspecified atom stereocenters. The Bertz CT molecular complexity index is 1440. The lowest BCUT2D eigenvalue weighted by Gasteiger charge is -2.05. The van der Waals surface area contributed by atoms with Gasteiger partial charge in [0.1, 0.15) is 17.0 Å². The summed E-state index contributed by atoms with van der Waals surface area (Å²) in [6, 6.07) is 7.63. The number of aryl methyl sites for hydroxylation is 3. The van der Waals surface area contributed by atoms with Crippen molar-refractivity contribution in [1.82, 2.24) is 14.5 Å². The predicted octanol–water partition coefficient (Wildman–Crippen LogP) is 3.45. The van der Waals surface area contributed by atoms with Gasteiger partial charge in [0, 0.05) is 17.5 Å². The number of esters is 1. The molecule has 0 aliphatic heterocycles. The van der Waals surface area contributed by atoms with E-state index in [2.05, 4.69) is 9.97 Å². The van der Waals surface area contributed by atoms with Crippen molar-refractivity contribution >= 4 is 28.3 Å². The Morgan fingerprint density at radius 2 is 1.84 bits per heavy atom. The molecule has 0 atom stereocenters. The molecule has 0 aliphatic carbocycles. The van der Waals surface area contributed by atoms with E-state index in [4.69, 9.17) is 4.74 Å². The molecule has 160 valence electrons. The van der Waals surface area contributed by atoms with Gasteiger partial charge in [-0.1, -0.05) is 29.8 Å². The lowest BCUT2D eigenvalue weighted by molar-refractivity contribution is 0.0523. The lowest BCUT2D eigenvalue weighted by atomic mass is 10.0. The predicted molar refractivity (Wildman–Crippen MR) is 120 cm³/mol. The molecule has 0 saturated carbocycles. The van der Waals surface area contributed by atoms with Crippen LogP contribution in [0.3, 0.4) is 0 Å². The van der Waals surface area contributed by atoms with Crippen LogP contribution in [-0.2, 0) is 11.8 Å². The average molecular weight is 439 g/mol. The van der Waals surface area contributed by atoms with Crippen molar-refractivity contribution in [3.8, 4) is 27.4 Å². The van der Waals surface area contributed by atoms with Crippen molar-refractivity contribution in [2.24, 2.45) is 7.05 Å². The van der Waals surface area contributed by atoms with Crippen LogP contribution in [0.4, 0.5) is 0 Å². The summed E-state index contributed by atoms with van der Waals surface area (Å²) in [6.07, 6.45) is 0. The third-order valence-electron chi connectivity index (χ3n) is 5.17. The van der Waals surface area contributed by atoms with Gasteiger partial charge in [0.05, 0.1) is 22.6 Å². The molecule has 3 aromatic heterocycles. The Hall–Kier alpha value is -3.59. The number of carbonyl (C=O) groups excluding carboxylic acids is 1. The first kappa shape index (κ1) is 20.7. The maximum atomic E-state index is 12.8. The van der Waals surface area contributed by atoms with Gasteiger partial charge in [-0.25, -0.2) is 9.59 Å². The molecule has 3 N–H and O–H groups in total. The van der Waals surface area contributed by atoms with Gasteiger partial charge < -0.3 is 14.8 Å². The number of H-pyrrole nitrogens is 2. The van der Waals surface area contributed by atoms with Gasteiger partial charge in [-0.15, -0.1) is 11.3 Å². The van der Waals surface area contributed by atoms with E-state index >= 15 is 0 Å². The third-order valence-corrected chi connectivity index (χ3v) is 6.29. The fraction of sp³-hybridized carbons (Fsp3) is 0.227. The third kappa shape index (κ3) is 3.27. The van der Waals surface area contributed by atoms with Crippen molar-refractivity contribution in [2.75, 3.05) is 6.61 Å². The van der Waals surface area contributed by atoms with E-state index in [-0.39, 0.29) is 23.3 Å². The second kappa shape index (κ2) is 7.59. The van der Waals surface area contributed by atoms with Gasteiger partial charge in [0.2, 0.25) is 0 Å². The topological polar surface area (TPSA) is 117 Å². The van der Waals surface area contributed by atoms with Gasteiger partial charge >= 0.3 is 11.7 Å². The number of hydrogen-bond acceptors (Lipinski definition) is 6. The van der Waals surface area contributed by atoms with Crippen molar-refractivity contribution < 1.29 is 14.6 Å². The van der Waals surface area contributed by atoms with Crippen LogP contribution in [0.5, 0.6) is 5.75 Å². The SMILES string of the molecule is CCOC(=O)c1c(C)sc(-c2c(-c3ccc(C)cc3)[nH]c3c2c(=O)[nH]c(=O)n3C)c1O. The molecule has 0 bridgehead atoms. The van der Waals surface area contributed by atoms with Gasteiger partial charge in [-0.2, -0.15) is 0 Å². The van der Waals surface area contributed by atoms with Crippen LogP contribution in [0.1, 0.15) is 27.7 Å². The highest BCUT2D eigenvalue weighted by Crippen LogP contribution is 2.47. The van der Waals surface area contributed by atoms with E-state index in [9.17, 15) is 19.5 Å². The normalized spacial score (nSPS) is 11.2. The molecule has 1 aromatic carbocycles. The van der Waals surface area contributed by atoms with Crippen LogP contribution < -0.4 is 11.2 Å². The van der Waals surface area contributed by atoms with Crippen LogP contribution in [0, 0.1) is 13.8 Å². The van der Waals surface area contributed by atoms with E-state index in [0.717, 1.165) is 11.1 Å². The summed E-state index contributed by atoms with van der Waals surface area (Å²) in [5.41, 5.74) is 2.09. The number of benzene rings is 1. The minimum Gasteiger partial charge on any atom is -0.505 e. The number of aromatic hydroxyl groups is 1. The molecule has 0 amide bonds. The number of carbonyl (C=O) groups is 1. The molecule has 3 heterocycles. The Kier molecular flexibility index (Phi) is 5.06. The van der Waals surface area contributed by atoms with Crippen LogP contribution in [0.15, 0.2) is 33.9 Å². The summed E-state index contributed by atoms with van der Waals surface area (Å²) in [7, 11) is 1.55. The molecule has 0 aliphatic rings. The first-order valence-electron chi connectivity index (χ1n) is 9.66. The quantitative estimate of drug-likeness (QED) is 0.421. The molecule has 9 heteroatoms. The van der Waals surface area contributed by atoms with Crippen molar-refractivity contribution in [3.05, 3.63) is 61.1 Å². The van der Waals surface area contributed by atoms with Crippen molar-refractivity contribution in [3.63, 3.8) is 0 Å². The molecule has 0 radical (unpaired) electrons. The molecule has 0 spiro atoms. The standard InChI is InChI=1S/C22H21N3O5S/c1-5-30-21(28)13-11(3)31-18(17(13)26)14-15-19(25(4)22(29)24-20(15)27)23-16(14)12-8-6-10(2)7-9-12/h6-9,23,26H,5H2,1-4H3,(H,24,27,29). The van der Waals surface area contributed by atoms with Gasteiger partial charge in [-0.05, 0) is 26.3 Å². The van der Waals surface area contributed by atoms with Crippen LogP contribution >= 0.6 is 11.3 Å². The van der Waals surface area contributed by atoms with E-state index < -0.39 is 17.2 Å². The maximum absolute atomic E-state index is 12.8. The first-order valence-corrected chi connectivity index (χ1v) is 10.5. The van der Waals surface area contributed by atoms with Gasteiger partial charge in [-0.3, -0.25) is 14.3 Å². The number of rotatable bonds is 4. The maximum Gasteiger partial charge on any atom is 0.343 e. The largest absolute Gasteiger partial charge is 0.505 e. The molecule has 0 fully saturated rings. The molecular formula is C22H21N3O5S. The zero-order valence-electron chi connectivity index (χ0n) is 17.5. The number of fused-ring (bicyclic) bond motifs is 1. The van der Waals surface area contributed by atoms with Crippen LogP contribution in [-0.4, -0.2) is 32.2 Å². The average Bonchev–Trinajstić information content (AvgIpc) is 3.25. The zero-order valence-corrected chi connectivity index (χ0v) is 18.3. The monoisotopic (exact) mass is 439 g/mol. The minimum absolute atomic E-state index is 0.0762. The number of ether oxygens (including phenoxy) is 1. The Balaban J connectivity index is 2.12. The number of hydrogen-bond donors (Lipinski definition) is 3. The van der Waals surface area contributed by atoms with E-state index in [1.54, 1.807) is 20.9 Å². The summed E-state index contributed by atoms with van der Waals surface area (Å²) in [6.45, 7) is 5.53. The number of thiophene rings is 1. The van der Waals surface area contributed by atoms with E-state index in [0.29, 0.717) is 26.7 Å². The Labute approximate surface area is 180 Å². The van der Waals surface area contributed by atoms with E-state index in [1.165, 1.54) is 15.9 Å². The number of aromatic nitrogens is 3. The molecule has 4 aromatic rings. The summed E-state index contributed by atoms with van der Waals surface area (Å²) in [5.74, 6) is -0.874. The number of nitrogens with zero attached hydrogens (tertiary/aromatic N) is 1. The molecule has 8 nitrogen and oxygen atoms in total. The highest BCUT2D eigenvalue weighted by Gasteiger charge is 2.28. The minimum atomic E-state index is -0.627. The second-order valence-electron chi connectivity index (χ2n) is 7.21. The number of nitrogens with one attached hydrogen (secondary N) is 2. The zero-order chi connectivity index (χ0) is 22.4. The first-order chi connectivity index (χ1) is 14.7. The molecule has 31 heavy (non-hydrogen) atoms. The summed E-state index contributed by atoms with van der Waals surface area (Å²) in [5, 5.41) is 11.2. The molecular weight excluding hydrogens is 418 g/mol. The summed E-state index contributed by atoms with van der Waals surface area (Å²) >= 11 is 1.19. The fourth-order valence-corrected chi connectivity index (χ4v) is 4.71. The van der Waals surface area contributed by atoms with Crippen LogP contribution in [0.25, 0.3) is 32.7 Å². The molecule has 0 saturated heterocycles. The van der Waals surface area contributed by atoms with Crippen molar-refractivity contribution in [1.29, 1.82) is 0 Å². The van der Waals surface area contributed by atoms with Gasteiger partial charge in [0.15, 0.2) is 0 Å². The smallest absolute Gasteiger partial charge is 0.343 e. The highest BCUT2D eigenvalue weighted by atomic mass is 32.1.